The highest BCUT2D eigenvalue weighted by Crippen LogP contribution is 2.46. The van der Waals surface area contributed by atoms with Gasteiger partial charge in [0.2, 0.25) is 0 Å². The number of rotatable bonds is 4. The van der Waals surface area contributed by atoms with Crippen molar-refractivity contribution in [2.24, 2.45) is 5.92 Å². The van der Waals surface area contributed by atoms with Gasteiger partial charge in [-0.25, -0.2) is 4.39 Å². The first kappa shape index (κ1) is 12.9. The second kappa shape index (κ2) is 4.78. The third kappa shape index (κ3) is 2.76. The molecular formula is C16H22FNO. The Labute approximate surface area is 114 Å². The fourth-order valence-electron chi connectivity index (χ4n) is 3.22. The predicted molar refractivity (Wildman–Crippen MR) is 73.8 cm³/mol. The largest absolute Gasteiger partial charge is 0.487 e. The van der Waals surface area contributed by atoms with E-state index in [-0.39, 0.29) is 17.5 Å². The smallest absolute Gasteiger partial charge is 0.125 e. The fraction of sp³-hybridized carbons (Fsp3) is 0.625. The van der Waals surface area contributed by atoms with E-state index in [9.17, 15) is 4.39 Å². The van der Waals surface area contributed by atoms with E-state index in [4.69, 9.17) is 4.74 Å². The predicted octanol–water partition coefficient (Wildman–Crippen LogP) is 3.82. The van der Waals surface area contributed by atoms with Crippen LogP contribution in [0.5, 0.6) is 5.75 Å². The average Bonchev–Trinajstić information content (AvgIpc) is 3.14. The Kier molecular flexibility index (Phi) is 3.25. The Morgan fingerprint density at radius 1 is 1.42 bits per heavy atom. The van der Waals surface area contributed by atoms with Crippen molar-refractivity contribution >= 4 is 0 Å². The van der Waals surface area contributed by atoms with Gasteiger partial charge < -0.3 is 10.1 Å². The highest BCUT2D eigenvalue weighted by molar-refractivity contribution is 5.39. The lowest BCUT2D eigenvalue weighted by Gasteiger charge is -2.40. The molecule has 1 saturated carbocycles. The summed E-state index contributed by atoms with van der Waals surface area (Å²) in [6.45, 7) is 5.18. The molecule has 3 rings (SSSR count). The Hall–Kier alpha value is -1.09. The summed E-state index contributed by atoms with van der Waals surface area (Å²) in [7, 11) is 0. The maximum atomic E-state index is 13.4. The summed E-state index contributed by atoms with van der Waals surface area (Å²) < 4.78 is 19.6. The van der Waals surface area contributed by atoms with Gasteiger partial charge in [-0.2, -0.15) is 0 Å². The lowest BCUT2D eigenvalue weighted by atomic mass is 9.85. The van der Waals surface area contributed by atoms with E-state index in [1.165, 1.54) is 18.9 Å². The van der Waals surface area contributed by atoms with Gasteiger partial charge in [0, 0.05) is 18.0 Å². The molecule has 0 aromatic heterocycles. The van der Waals surface area contributed by atoms with E-state index in [0.29, 0.717) is 0 Å². The lowest BCUT2D eigenvalue weighted by Crippen LogP contribution is -2.42. The number of hydrogen-bond acceptors (Lipinski definition) is 2. The van der Waals surface area contributed by atoms with E-state index >= 15 is 0 Å². The van der Waals surface area contributed by atoms with Crippen LogP contribution in [0.1, 0.15) is 51.1 Å². The first-order valence-corrected chi connectivity index (χ1v) is 7.31. The van der Waals surface area contributed by atoms with Crippen LogP contribution in [0, 0.1) is 11.7 Å². The molecule has 3 heteroatoms. The van der Waals surface area contributed by atoms with E-state index < -0.39 is 0 Å². The van der Waals surface area contributed by atoms with Crippen molar-refractivity contribution in [3.63, 3.8) is 0 Å². The van der Waals surface area contributed by atoms with Crippen LogP contribution in [0.3, 0.4) is 0 Å². The molecule has 2 atom stereocenters. The van der Waals surface area contributed by atoms with Gasteiger partial charge in [0.1, 0.15) is 17.2 Å². The molecule has 2 aliphatic rings. The molecule has 0 amide bonds. The normalized spacial score (nSPS) is 29.7. The summed E-state index contributed by atoms with van der Waals surface area (Å²) in [4.78, 5) is 0. The lowest BCUT2D eigenvalue weighted by molar-refractivity contribution is 0.0346. The number of fused-ring (bicyclic) bond motifs is 1. The number of benzene rings is 1. The second-order valence-electron chi connectivity index (χ2n) is 6.20. The van der Waals surface area contributed by atoms with Gasteiger partial charge in [0.05, 0.1) is 0 Å². The molecule has 0 spiro atoms. The average molecular weight is 263 g/mol. The highest BCUT2D eigenvalue weighted by atomic mass is 19.1. The van der Waals surface area contributed by atoms with Crippen LogP contribution in [0.2, 0.25) is 0 Å². The third-order valence-electron chi connectivity index (χ3n) is 4.21. The molecule has 1 aliphatic heterocycles. The van der Waals surface area contributed by atoms with E-state index in [0.717, 1.165) is 36.6 Å². The minimum atomic E-state index is -0.184. The summed E-state index contributed by atoms with van der Waals surface area (Å²) in [5.41, 5.74) is 0.855. The maximum absolute atomic E-state index is 13.4. The molecule has 2 nitrogen and oxygen atoms in total. The summed E-state index contributed by atoms with van der Waals surface area (Å²) in [6, 6.07) is 5.08. The molecule has 1 aliphatic carbocycles. The molecule has 1 aromatic carbocycles. The topological polar surface area (TPSA) is 21.3 Å². The maximum Gasteiger partial charge on any atom is 0.125 e. The Morgan fingerprint density at radius 3 is 2.89 bits per heavy atom. The Morgan fingerprint density at radius 2 is 2.21 bits per heavy atom. The molecular weight excluding hydrogens is 241 g/mol. The van der Waals surface area contributed by atoms with Gasteiger partial charge in [-0.15, -0.1) is 0 Å². The fourth-order valence-corrected chi connectivity index (χ4v) is 3.22. The van der Waals surface area contributed by atoms with E-state index in [2.05, 4.69) is 19.2 Å². The molecule has 0 radical (unpaired) electrons. The van der Waals surface area contributed by atoms with Crippen molar-refractivity contribution in [1.29, 1.82) is 0 Å². The minimum absolute atomic E-state index is 0.112. The molecule has 0 saturated heterocycles. The highest BCUT2D eigenvalue weighted by Gasteiger charge is 2.41. The van der Waals surface area contributed by atoms with Crippen LogP contribution in [0.15, 0.2) is 18.2 Å². The van der Waals surface area contributed by atoms with Crippen LogP contribution in [-0.2, 0) is 0 Å². The van der Waals surface area contributed by atoms with E-state index in [1.54, 1.807) is 12.1 Å². The summed E-state index contributed by atoms with van der Waals surface area (Å²) >= 11 is 0. The number of nitrogens with one attached hydrogen (secondary N) is 1. The zero-order valence-electron chi connectivity index (χ0n) is 11.7. The number of halogens is 1. The molecule has 19 heavy (non-hydrogen) atoms. The van der Waals surface area contributed by atoms with Crippen LogP contribution in [0.4, 0.5) is 4.39 Å². The van der Waals surface area contributed by atoms with Crippen molar-refractivity contribution in [2.75, 3.05) is 6.54 Å². The van der Waals surface area contributed by atoms with Crippen LogP contribution in [-0.4, -0.2) is 12.1 Å². The van der Waals surface area contributed by atoms with Crippen molar-refractivity contribution in [2.45, 2.75) is 51.2 Å². The zero-order valence-corrected chi connectivity index (χ0v) is 11.7. The van der Waals surface area contributed by atoms with Crippen molar-refractivity contribution in [3.8, 4) is 5.75 Å². The molecule has 1 fully saturated rings. The SMILES string of the molecule is CCNC1CC(C)(CC2CC2)Oc2ccc(F)cc21. The van der Waals surface area contributed by atoms with Gasteiger partial charge in [-0.1, -0.05) is 19.8 Å². The standard InChI is InChI=1S/C16H22FNO/c1-3-18-14-10-16(2,9-11-4-5-11)19-15-7-6-12(17)8-13(14)15/h6-8,11,14,18H,3-5,9-10H2,1-2H3. The number of ether oxygens (including phenoxy) is 1. The quantitative estimate of drug-likeness (QED) is 0.891. The molecule has 104 valence electrons. The number of hydrogen-bond donors (Lipinski definition) is 1. The molecule has 1 N–H and O–H groups in total. The van der Waals surface area contributed by atoms with Crippen LogP contribution < -0.4 is 10.1 Å². The first-order valence-electron chi connectivity index (χ1n) is 7.31. The zero-order chi connectivity index (χ0) is 13.5. The second-order valence-corrected chi connectivity index (χ2v) is 6.20. The van der Waals surface area contributed by atoms with Crippen LogP contribution in [0.25, 0.3) is 0 Å². The van der Waals surface area contributed by atoms with Gasteiger partial charge in [0.25, 0.3) is 0 Å². The molecule has 1 heterocycles. The Balaban J connectivity index is 1.89. The minimum Gasteiger partial charge on any atom is -0.487 e. The van der Waals surface area contributed by atoms with Gasteiger partial charge in [-0.3, -0.25) is 0 Å². The summed E-state index contributed by atoms with van der Waals surface area (Å²) in [5.74, 6) is 1.49. The first-order chi connectivity index (χ1) is 9.09. The monoisotopic (exact) mass is 263 g/mol. The molecule has 0 bridgehead atoms. The van der Waals surface area contributed by atoms with Gasteiger partial charge in [0.15, 0.2) is 0 Å². The molecule has 1 aromatic rings. The third-order valence-corrected chi connectivity index (χ3v) is 4.21. The van der Waals surface area contributed by atoms with Crippen molar-refractivity contribution in [1.82, 2.24) is 5.32 Å². The van der Waals surface area contributed by atoms with Gasteiger partial charge >= 0.3 is 0 Å². The molecule has 2 unspecified atom stereocenters. The van der Waals surface area contributed by atoms with E-state index in [1.807, 2.05) is 0 Å². The van der Waals surface area contributed by atoms with Gasteiger partial charge in [-0.05, 0) is 44.0 Å². The summed E-state index contributed by atoms with van der Waals surface area (Å²) in [6.07, 6.45) is 4.71. The Bertz CT molecular complexity index is 472. The van der Waals surface area contributed by atoms with Crippen molar-refractivity contribution < 1.29 is 9.13 Å². The van der Waals surface area contributed by atoms with Crippen molar-refractivity contribution in [3.05, 3.63) is 29.6 Å². The summed E-state index contributed by atoms with van der Waals surface area (Å²) in [5, 5.41) is 3.47. The van der Waals surface area contributed by atoms with Crippen LogP contribution >= 0.6 is 0 Å².